The number of rotatable bonds is 5. The van der Waals surface area contributed by atoms with Crippen molar-refractivity contribution >= 4 is 33.2 Å². The largest absolute Gasteiger partial charge is 0.486 e. The number of aromatic nitrogens is 1. The van der Waals surface area contributed by atoms with Gasteiger partial charge in [-0.2, -0.15) is 0 Å². The standard InChI is InChI=1S/C16H15ClN2OS/c17-12-4-3-6-14(11(12)8-9-18)20-10-16-19-13-5-1-2-7-15(13)21-16/h1-7H,8-10,18H2. The van der Waals surface area contributed by atoms with E-state index in [2.05, 4.69) is 11.1 Å². The average molecular weight is 319 g/mol. The van der Waals surface area contributed by atoms with Gasteiger partial charge in [0.2, 0.25) is 0 Å². The maximum atomic E-state index is 6.21. The van der Waals surface area contributed by atoms with E-state index in [1.54, 1.807) is 11.3 Å². The topological polar surface area (TPSA) is 48.1 Å². The molecule has 0 spiro atoms. The first kappa shape index (κ1) is 14.3. The summed E-state index contributed by atoms with van der Waals surface area (Å²) in [6, 6.07) is 13.7. The summed E-state index contributed by atoms with van der Waals surface area (Å²) in [4.78, 5) is 4.56. The Morgan fingerprint density at radius 1 is 1.14 bits per heavy atom. The Hall–Kier alpha value is -1.62. The Morgan fingerprint density at radius 2 is 2.00 bits per heavy atom. The molecule has 0 aliphatic rings. The Kier molecular flexibility index (Phi) is 4.39. The van der Waals surface area contributed by atoms with E-state index in [4.69, 9.17) is 22.1 Å². The third-order valence-electron chi connectivity index (χ3n) is 3.16. The number of hydrogen-bond donors (Lipinski definition) is 1. The molecule has 0 radical (unpaired) electrons. The van der Waals surface area contributed by atoms with Crippen molar-refractivity contribution in [1.29, 1.82) is 0 Å². The molecule has 0 saturated carbocycles. The number of nitrogens with two attached hydrogens (primary N) is 1. The highest BCUT2D eigenvalue weighted by molar-refractivity contribution is 7.18. The first-order valence-corrected chi connectivity index (χ1v) is 7.92. The Balaban J connectivity index is 1.79. The van der Waals surface area contributed by atoms with Gasteiger partial charge in [0.15, 0.2) is 0 Å². The predicted molar refractivity (Wildman–Crippen MR) is 88.2 cm³/mol. The second-order valence-electron chi connectivity index (χ2n) is 4.62. The fourth-order valence-corrected chi connectivity index (χ4v) is 3.32. The van der Waals surface area contributed by atoms with Gasteiger partial charge in [-0.15, -0.1) is 11.3 Å². The fraction of sp³-hybridized carbons (Fsp3) is 0.188. The van der Waals surface area contributed by atoms with E-state index in [1.165, 1.54) is 4.70 Å². The molecule has 2 N–H and O–H groups in total. The number of ether oxygens (including phenoxy) is 1. The van der Waals surface area contributed by atoms with Gasteiger partial charge in [-0.3, -0.25) is 0 Å². The van der Waals surface area contributed by atoms with Crippen molar-refractivity contribution in [2.24, 2.45) is 5.73 Å². The summed E-state index contributed by atoms with van der Waals surface area (Å²) in [6.07, 6.45) is 0.703. The molecule has 5 heteroatoms. The van der Waals surface area contributed by atoms with Crippen molar-refractivity contribution in [2.75, 3.05) is 6.54 Å². The van der Waals surface area contributed by atoms with Gasteiger partial charge in [-0.1, -0.05) is 29.8 Å². The second-order valence-corrected chi connectivity index (χ2v) is 6.14. The number of fused-ring (bicyclic) bond motifs is 1. The molecule has 0 fully saturated rings. The number of para-hydroxylation sites is 1. The fourth-order valence-electron chi connectivity index (χ4n) is 2.18. The van der Waals surface area contributed by atoms with Crippen molar-refractivity contribution in [2.45, 2.75) is 13.0 Å². The van der Waals surface area contributed by atoms with E-state index < -0.39 is 0 Å². The monoisotopic (exact) mass is 318 g/mol. The van der Waals surface area contributed by atoms with Gasteiger partial charge in [-0.05, 0) is 37.2 Å². The summed E-state index contributed by atoms with van der Waals surface area (Å²) in [6.45, 7) is 0.985. The Morgan fingerprint density at radius 3 is 2.81 bits per heavy atom. The molecule has 3 rings (SSSR count). The van der Waals surface area contributed by atoms with Crippen LogP contribution in [0.4, 0.5) is 0 Å². The van der Waals surface area contributed by atoms with Crippen LogP contribution in [0.2, 0.25) is 5.02 Å². The lowest BCUT2D eigenvalue weighted by atomic mass is 10.1. The van der Waals surface area contributed by atoms with Crippen LogP contribution in [0.1, 0.15) is 10.6 Å². The molecule has 21 heavy (non-hydrogen) atoms. The van der Waals surface area contributed by atoms with E-state index in [0.29, 0.717) is 24.6 Å². The highest BCUT2D eigenvalue weighted by Gasteiger charge is 2.09. The van der Waals surface area contributed by atoms with Crippen molar-refractivity contribution in [3.05, 3.63) is 58.1 Å². The molecule has 108 valence electrons. The SMILES string of the molecule is NCCc1c(Cl)cccc1OCc1nc2ccccc2s1. The second kappa shape index (κ2) is 6.43. The smallest absolute Gasteiger partial charge is 0.140 e. The van der Waals surface area contributed by atoms with Gasteiger partial charge in [0.1, 0.15) is 17.4 Å². The van der Waals surface area contributed by atoms with Gasteiger partial charge < -0.3 is 10.5 Å². The molecule has 0 aliphatic carbocycles. The summed E-state index contributed by atoms with van der Waals surface area (Å²) in [7, 11) is 0. The quantitative estimate of drug-likeness (QED) is 0.772. The number of halogens is 1. The summed E-state index contributed by atoms with van der Waals surface area (Å²) in [5.74, 6) is 0.784. The van der Waals surface area contributed by atoms with Crippen molar-refractivity contribution in [1.82, 2.24) is 4.98 Å². The molecule has 3 nitrogen and oxygen atoms in total. The normalized spacial score (nSPS) is 11.0. The summed E-state index contributed by atoms with van der Waals surface area (Å²) >= 11 is 7.85. The first-order valence-electron chi connectivity index (χ1n) is 6.72. The number of hydrogen-bond acceptors (Lipinski definition) is 4. The predicted octanol–water partition coefficient (Wildman–Crippen LogP) is 4.03. The zero-order valence-electron chi connectivity index (χ0n) is 11.4. The highest BCUT2D eigenvalue weighted by Crippen LogP contribution is 2.28. The average Bonchev–Trinajstić information content (AvgIpc) is 2.91. The van der Waals surface area contributed by atoms with Gasteiger partial charge in [0, 0.05) is 10.6 Å². The van der Waals surface area contributed by atoms with Gasteiger partial charge >= 0.3 is 0 Å². The molecule has 0 aliphatic heterocycles. The molecule has 0 bridgehead atoms. The van der Waals surface area contributed by atoms with Gasteiger partial charge in [-0.25, -0.2) is 4.98 Å². The van der Waals surface area contributed by atoms with Gasteiger partial charge in [0.05, 0.1) is 10.2 Å². The summed E-state index contributed by atoms with van der Waals surface area (Å²) < 4.78 is 7.06. The zero-order valence-corrected chi connectivity index (χ0v) is 13.0. The van der Waals surface area contributed by atoms with Crippen LogP contribution in [-0.2, 0) is 13.0 Å². The van der Waals surface area contributed by atoms with Crippen LogP contribution in [0.15, 0.2) is 42.5 Å². The third-order valence-corrected chi connectivity index (χ3v) is 4.52. The maximum Gasteiger partial charge on any atom is 0.140 e. The molecule has 3 aromatic rings. The minimum absolute atomic E-state index is 0.442. The van der Waals surface area contributed by atoms with Crippen molar-refractivity contribution in [3.8, 4) is 5.75 Å². The van der Waals surface area contributed by atoms with E-state index in [-0.39, 0.29) is 0 Å². The number of nitrogens with zero attached hydrogens (tertiary/aromatic N) is 1. The van der Waals surface area contributed by atoms with Crippen LogP contribution in [0, 0.1) is 0 Å². The van der Waals surface area contributed by atoms with Crippen LogP contribution in [-0.4, -0.2) is 11.5 Å². The molecule has 1 aromatic heterocycles. The zero-order chi connectivity index (χ0) is 14.7. The summed E-state index contributed by atoms with van der Waals surface area (Å²) in [5.41, 5.74) is 7.60. The molecule has 0 atom stereocenters. The molecule has 0 saturated heterocycles. The van der Waals surface area contributed by atoms with Gasteiger partial charge in [0.25, 0.3) is 0 Å². The van der Waals surface area contributed by atoms with Crippen LogP contribution < -0.4 is 10.5 Å². The molecule has 0 unspecified atom stereocenters. The number of thiazole rings is 1. The lowest BCUT2D eigenvalue weighted by molar-refractivity contribution is 0.302. The van der Waals surface area contributed by atoms with Crippen LogP contribution in [0.25, 0.3) is 10.2 Å². The van der Waals surface area contributed by atoms with Crippen LogP contribution in [0.3, 0.4) is 0 Å². The van der Waals surface area contributed by atoms with E-state index >= 15 is 0 Å². The first-order chi connectivity index (χ1) is 10.3. The minimum Gasteiger partial charge on any atom is -0.486 e. The van der Waals surface area contributed by atoms with E-state index in [0.717, 1.165) is 21.8 Å². The molecular weight excluding hydrogens is 304 g/mol. The van der Waals surface area contributed by atoms with E-state index in [1.807, 2.05) is 36.4 Å². The lowest BCUT2D eigenvalue weighted by Gasteiger charge is -2.11. The van der Waals surface area contributed by atoms with Crippen molar-refractivity contribution < 1.29 is 4.74 Å². The Bertz CT molecular complexity index is 724. The summed E-state index contributed by atoms with van der Waals surface area (Å²) in [5, 5.41) is 1.65. The van der Waals surface area contributed by atoms with Crippen LogP contribution >= 0.6 is 22.9 Å². The molecular formula is C16H15ClN2OS. The Labute approximate surface area is 132 Å². The maximum absolute atomic E-state index is 6.21. The third kappa shape index (κ3) is 3.18. The molecule has 0 amide bonds. The van der Waals surface area contributed by atoms with Crippen molar-refractivity contribution in [3.63, 3.8) is 0 Å². The highest BCUT2D eigenvalue weighted by atomic mass is 35.5. The van der Waals surface area contributed by atoms with Crippen LogP contribution in [0.5, 0.6) is 5.75 Å². The molecule has 2 aromatic carbocycles. The van der Waals surface area contributed by atoms with E-state index in [9.17, 15) is 0 Å². The lowest BCUT2D eigenvalue weighted by Crippen LogP contribution is -2.06. The number of benzene rings is 2. The minimum atomic E-state index is 0.442. The molecule has 1 heterocycles.